The Morgan fingerprint density at radius 1 is 0.808 bits per heavy atom. The van der Waals surface area contributed by atoms with Crippen LogP contribution in [0.4, 0.5) is 0 Å². The van der Waals surface area contributed by atoms with Crippen LogP contribution in [0, 0.1) is 13.8 Å². The van der Waals surface area contributed by atoms with Crippen LogP contribution >= 0.6 is 11.8 Å². The molecule has 0 heterocycles. The summed E-state index contributed by atoms with van der Waals surface area (Å²) < 4.78 is 0. The number of hydrogen-bond acceptors (Lipinski definition) is 3. The third kappa shape index (κ3) is 5.07. The van der Waals surface area contributed by atoms with Gasteiger partial charge in [0.25, 0.3) is 5.91 Å². The molecule has 4 heteroatoms. The molecule has 1 N–H and O–H groups in total. The fourth-order valence-corrected chi connectivity index (χ4v) is 3.12. The van der Waals surface area contributed by atoms with Gasteiger partial charge in [-0.1, -0.05) is 59.3 Å². The van der Waals surface area contributed by atoms with Crippen LogP contribution in [0.2, 0.25) is 0 Å². The Labute approximate surface area is 158 Å². The lowest BCUT2D eigenvalue weighted by Crippen LogP contribution is -2.17. The van der Waals surface area contributed by atoms with E-state index < -0.39 is 0 Å². The van der Waals surface area contributed by atoms with Crippen LogP contribution in [0.15, 0.2) is 87.7 Å². The van der Waals surface area contributed by atoms with Crippen LogP contribution < -0.4 is 5.43 Å². The topological polar surface area (TPSA) is 41.5 Å². The predicted molar refractivity (Wildman–Crippen MR) is 108 cm³/mol. The highest BCUT2D eigenvalue weighted by Gasteiger charge is 2.02. The summed E-state index contributed by atoms with van der Waals surface area (Å²) in [5, 5.41) is 4.03. The molecule has 3 rings (SSSR count). The van der Waals surface area contributed by atoms with Crippen molar-refractivity contribution in [2.45, 2.75) is 23.6 Å². The maximum atomic E-state index is 12.0. The van der Waals surface area contributed by atoms with Crippen molar-refractivity contribution < 1.29 is 4.79 Å². The number of aryl methyl sites for hydroxylation is 2. The van der Waals surface area contributed by atoms with E-state index in [1.54, 1.807) is 30.1 Å². The number of benzene rings is 3. The zero-order chi connectivity index (χ0) is 18.4. The molecular formula is C22H20N2OS. The Morgan fingerprint density at radius 3 is 1.88 bits per heavy atom. The minimum Gasteiger partial charge on any atom is -0.267 e. The van der Waals surface area contributed by atoms with Gasteiger partial charge in [0.05, 0.1) is 6.21 Å². The molecule has 3 nitrogen and oxygen atoms in total. The number of nitrogens with one attached hydrogen (secondary N) is 1. The molecule has 0 aliphatic heterocycles. The molecule has 0 aliphatic rings. The summed E-state index contributed by atoms with van der Waals surface area (Å²) in [6, 6.07) is 23.9. The summed E-state index contributed by atoms with van der Waals surface area (Å²) in [6.07, 6.45) is 1.65. The average molecular weight is 360 g/mol. The van der Waals surface area contributed by atoms with Gasteiger partial charge < -0.3 is 0 Å². The fourth-order valence-electron chi connectivity index (χ4n) is 2.30. The third-order valence-electron chi connectivity index (χ3n) is 3.83. The van der Waals surface area contributed by atoms with Crippen molar-refractivity contribution in [3.8, 4) is 0 Å². The van der Waals surface area contributed by atoms with E-state index in [0.717, 1.165) is 16.0 Å². The molecule has 0 fully saturated rings. The van der Waals surface area contributed by atoms with Crippen molar-refractivity contribution in [1.82, 2.24) is 5.43 Å². The van der Waals surface area contributed by atoms with Gasteiger partial charge in [-0.2, -0.15) is 5.10 Å². The van der Waals surface area contributed by atoms with Gasteiger partial charge in [-0.25, -0.2) is 5.43 Å². The summed E-state index contributed by atoms with van der Waals surface area (Å²) in [4.78, 5) is 14.4. The molecule has 0 spiro atoms. The SMILES string of the molecule is Cc1ccc(Sc2ccc(/C=N\NC(=O)c3ccc(C)cc3)cc2)cc1. The first-order valence-corrected chi connectivity index (χ1v) is 9.16. The van der Waals surface area contributed by atoms with Crippen LogP contribution in [0.25, 0.3) is 0 Å². The second-order valence-corrected chi connectivity index (χ2v) is 7.20. The maximum Gasteiger partial charge on any atom is 0.271 e. The zero-order valence-electron chi connectivity index (χ0n) is 14.8. The highest BCUT2D eigenvalue weighted by molar-refractivity contribution is 7.99. The van der Waals surface area contributed by atoms with Gasteiger partial charge >= 0.3 is 0 Å². The predicted octanol–water partition coefficient (Wildman–Crippen LogP) is 5.22. The smallest absolute Gasteiger partial charge is 0.267 e. The Hall–Kier alpha value is -2.85. The van der Waals surface area contributed by atoms with Gasteiger partial charge in [-0.3, -0.25) is 4.79 Å². The number of hydrazone groups is 1. The van der Waals surface area contributed by atoms with Gasteiger partial charge in [0, 0.05) is 15.4 Å². The van der Waals surface area contributed by atoms with Gasteiger partial charge in [0.2, 0.25) is 0 Å². The minimum absolute atomic E-state index is 0.215. The Balaban J connectivity index is 1.56. The van der Waals surface area contributed by atoms with E-state index in [1.165, 1.54) is 10.5 Å². The summed E-state index contributed by atoms with van der Waals surface area (Å²) in [5.74, 6) is -0.215. The Kier molecular flexibility index (Phi) is 5.87. The maximum absolute atomic E-state index is 12.0. The average Bonchev–Trinajstić information content (AvgIpc) is 2.65. The van der Waals surface area contributed by atoms with E-state index in [-0.39, 0.29) is 5.91 Å². The first-order chi connectivity index (χ1) is 12.6. The molecule has 130 valence electrons. The van der Waals surface area contributed by atoms with E-state index in [9.17, 15) is 4.79 Å². The number of rotatable bonds is 5. The Bertz CT molecular complexity index is 898. The summed E-state index contributed by atoms with van der Waals surface area (Å²) in [6.45, 7) is 4.07. The van der Waals surface area contributed by atoms with Crippen LogP contribution in [0.3, 0.4) is 0 Å². The monoisotopic (exact) mass is 360 g/mol. The molecule has 26 heavy (non-hydrogen) atoms. The largest absolute Gasteiger partial charge is 0.271 e. The number of nitrogens with zero attached hydrogens (tertiary/aromatic N) is 1. The molecule has 1 amide bonds. The molecule has 0 aromatic heterocycles. The molecule has 0 atom stereocenters. The molecule has 3 aromatic rings. The van der Waals surface area contributed by atoms with Crippen LogP contribution in [-0.2, 0) is 0 Å². The lowest BCUT2D eigenvalue weighted by atomic mass is 10.1. The van der Waals surface area contributed by atoms with Gasteiger partial charge in [0.15, 0.2) is 0 Å². The molecule has 0 unspecified atom stereocenters. The lowest BCUT2D eigenvalue weighted by Gasteiger charge is -2.03. The van der Waals surface area contributed by atoms with E-state index in [4.69, 9.17) is 0 Å². The second kappa shape index (κ2) is 8.50. The van der Waals surface area contributed by atoms with Crippen molar-refractivity contribution >= 4 is 23.9 Å². The van der Waals surface area contributed by atoms with Crippen LogP contribution in [-0.4, -0.2) is 12.1 Å². The number of carbonyl (C=O) groups excluding carboxylic acids is 1. The van der Waals surface area contributed by atoms with E-state index >= 15 is 0 Å². The van der Waals surface area contributed by atoms with E-state index in [0.29, 0.717) is 5.56 Å². The fraction of sp³-hybridized carbons (Fsp3) is 0.0909. The molecular weight excluding hydrogens is 340 g/mol. The molecule has 0 saturated heterocycles. The summed E-state index contributed by atoms with van der Waals surface area (Å²) in [5.41, 5.74) is 6.46. The van der Waals surface area contributed by atoms with Crippen molar-refractivity contribution in [2.75, 3.05) is 0 Å². The van der Waals surface area contributed by atoms with Gasteiger partial charge in [0.1, 0.15) is 0 Å². The third-order valence-corrected chi connectivity index (χ3v) is 4.85. The number of carbonyl (C=O) groups is 1. The second-order valence-electron chi connectivity index (χ2n) is 6.05. The molecule has 0 saturated carbocycles. The molecule has 3 aromatic carbocycles. The van der Waals surface area contributed by atoms with Gasteiger partial charge in [-0.05, 0) is 55.8 Å². The molecule has 0 bridgehead atoms. The van der Waals surface area contributed by atoms with Crippen molar-refractivity contribution in [3.05, 3.63) is 95.1 Å². The number of amides is 1. The van der Waals surface area contributed by atoms with Gasteiger partial charge in [-0.15, -0.1) is 0 Å². The standard InChI is InChI=1S/C22H20N2OS/c1-16-3-9-19(10-4-16)22(25)24-23-15-18-7-13-21(14-8-18)26-20-11-5-17(2)6-12-20/h3-15H,1-2H3,(H,24,25)/b23-15-. The first-order valence-electron chi connectivity index (χ1n) is 8.35. The zero-order valence-corrected chi connectivity index (χ0v) is 15.6. The minimum atomic E-state index is -0.215. The Morgan fingerprint density at radius 2 is 1.31 bits per heavy atom. The van der Waals surface area contributed by atoms with Crippen molar-refractivity contribution in [1.29, 1.82) is 0 Å². The van der Waals surface area contributed by atoms with Crippen LogP contribution in [0.1, 0.15) is 27.0 Å². The normalized spacial score (nSPS) is 10.8. The van der Waals surface area contributed by atoms with Crippen molar-refractivity contribution in [2.24, 2.45) is 5.10 Å². The highest BCUT2D eigenvalue weighted by atomic mass is 32.2. The summed E-state index contributed by atoms with van der Waals surface area (Å²) in [7, 11) is 0. The molecule has 0 aliphatic carbocycles. The lowest BCUT2D eigenvalue weighted by molar-refractivity contribution is 0.0955. The quantitative estimate of drug-likeness (QED) is 0.501. The van der Waals surface area contributed by atoms with Crippen LogP contribution in [0.5, 0.6) is 0 Å². The highest BCUT2D eigenvalue weighted by Crippen LogP contribution is 2.27. The number of hydrogen-bond donors (Lipinski definition) is 1. The van der Waals surface area contributed by atoms with Crippen molar-refractivity contribution in [3.63, 3.8) is 0 Å². The summed E-state index contributed by atoms with van der Waals surface area (Å²) >= 11 is 1.72. The molecule has 0 radical (unpaired) electrons. The van der Waals surface area contributed by atoms with E-state index in [2.05, 4.69) is 41.7 Å². The van der Waals surface area contributed by atoms with E-state index in [1.807, 2.05) is 43.3 Å². The first kappa shape index (κ1) is 18.0.